The maximum atomic E-state index is 12.7. The van der Waals surface area contributed by atoms with Gasteiger partial charge in [0.1, 0.15) is 18.8 Å². The molecule has 0 saturated carbocycles. The van der Waals surface area contributed by atoms with Crippen molar-refractivity contribution >= 4 is 6.09 Å². The highest BCUT2D eigenvalue weighted by Crippen LogP contribution is 2.32. The van der Waals surface area contributed by atoms with Crippen molar-refractivity contribution in [3.8, 4) is 0 Å². The summed E-state index contributed by atoms with van der Waals surface area (Å²) in [6.45, 7) is -1.14. The van der Waals surface area contributed by atoms with E-state index in [4.69, 9.17) is 4.74 Å². The number of aliphatic hydroxyl groups is 3. The molecule has 0 radical (unpaired) electrons. The van der Waals surface area contributed by atoms with Crippen molar-refractivity contribution in [3.63, 3.8) is 0 Å². The quantitative estimate of drug-likeness (QED) is 0.574. The van der Waals surface area contributed by atoms with Gasteiger partial charge in [-0.05, 0) is 28.8 Å². The predicted octanol–water partition coefficient (Wildman–Crippen LogP) is 2.52. The minimum atomic E-state index is -4.60. The number of nitrogens with one attached hydrogen (secondary N) is 1. The van der Waals surface area contributed by atoms with Gasteiger partial charge < -0.3 is 25.4 Å². The van der Waals surface area contributed by atoms with Crippen LogP contribution >= 0.6 is 0 Å². The average molecular weight is 399 g/mol. The molecule has 1 amide bonds. The fourth-order valence-electron chi connectivity index (χ4n) is 2.49. The summed E-state index contributed by atoms with van der Waals surface area (Å²) in [7, 11) is 0. The number of benzene rings is 2. The van der Waals surface area contributed by atoms with E-state index < -0.39 is 43.2 Å². The minimum Gasteiger partial charge on any atom is -0.445 e. The Kier molecular flexibility index (Phi) is 7.38. The molecule has 9 heteroatoms. The molecule has 0 aliphatic heterocycles. The summed E-state index contributed by atoms with van der Waals surface area (Å²) in [4.78, 5) is 11.7. The van der Waals surface area contributed by atoms with E-state index in [1.807, 2.05) is 6.07 Å². The van der Waals surface area contributed by atoms with Gasteiger partial charge in [-0.2, -0.15) is 13.2 Å². The van der Waals surface area contributed by atoms with Gasteiger partial charge in [0.15, 0.2) is 0 Å². The van der Waals surface area contributed by atoms with Gasteiger partial charge >= 0.3 is 12.3 Å². The van der Waals surface area contributed by atoms with Crippen LogP contribution in [0.5, 0.6) is 0 Å². The fourth-order valence-corrected chi connectivity index (χ4v) is 2.49. The molecule has 2 aromatic carbocycles. The largest absolute Gasteiger partial charge is 0.445 e. The first kappa shape index (κ1) is 21.7. The Balaban J connectivity index is 1.93. The highest BCUT2D eigenvalue weighted by atomic mass is 19.4. The summed E-state index contributed by atoms with van der Waals surface area (Å²) < 4.78 is 43.2. The van der Waals surface area contributed by atoms with Gasteiger partial charge in [-0.3, -0.25) is 0 Å². The van der Waals surface area contributed by atoms with E-state index in [0.717, 1.165) is 17.7 Å². The average Bonchev–Trinajstić information content (AvgIpc) is 2.69. The van der Waals surface area contributed by atoms with E-state index >= 15 is 0 Å². The predicted molar refractivity (Wildman–Crippen MR) is 93.0 cm³/mol. The zero-order chi connectivity index (χ0) is 20.7. The normalized spacial score (nSPS) is 13.6. The fraction of sp³-hybridized carbons (Fsp3) is 0.316. The van der Waals surface area contributed by atoms with E-state index in [-0.39, 0.29) is 17.7 Å². The maximum absolute atomic E-state index is 12.7. The first-order chi connectivity index (χ1) is 13.2. The maximum Gasteiger partial charge on any atom is 0.416 e. The van der Waals surface area contributed by atoms with Crippen molar-refractivity contribution in [2.75, 3.05) is 6.54 Å². The van der Waals surface area contributed by atoms with Crippen LogP contribution < -0.4 is 5.32 Å². The second-order valence-corrected chi connectivity index (χ2v) is 6.02. The molecule has 2 aromatic rings. The van der Waals surface area contributed by atoms with E-state index in [1.165, 1.54) is 0 Å². The van der Waals surface area contributed by atoms with Gasteiger partial charge in [0.2, 0.25) is 0 Å². The summed E-state index contributed by atoms with van der Waals surface area (Å²) >= 11 is 0. The summed E-state index contributed by atoms with van der Waals surface area (Å²) in [6.07, 6.45) is -8.56. The Morgan fingerprint density at radius 2 is 1.79 bits per heavy atom. The molecule has 0 spiro atoms. The topological polar surface area (TPSA) is 99.0 Å². The van der Waals surface area contributed by atoms with E-state index in [0.29, 0.717) is 6.07 Å². The number of carbonyl (C=O) groups excluding carboxylic acids is 1. The summed E-state index contributed by atoms with van der Waals surface area (Å²) in [5, 5.41) is 31.8. The molecule has 4 N–H and O–H groups in total. The van der Waals surface area contributed by atoms with E-state index in [9.17, 15) is 33.3 Å². The lowest BCUT2D eigenvalue weighted by Gasteiger charge is -2.21. The zero-order valence-electron chi connectivity index (χ0n) is 14.7. The lowest BCUT2D eigenvalue weighted by molar-refractivity contribution is -0.137. The Morgan fingerprint density at radius 3 is 2.39 bits per heavy atom. The van der Waals surface area contributed by atoms with Crippen molar-refractivity contribution in [2.45, 2.75) is 31.6 Å². The molecule has 0 aliphatic carbocycles. The molecule has 0 heterocycles. The molecule has 2 rings (SSSR count). The van der Waals surface area contributed by atoms with Crippen LogP contribution in [-0.4, -0.2) is 34.1 Å². The number of rotatable bonds is 7. The highest BCUT2D eigenvalue weighted by Gasteiger charge is 2.32. The number of alkyl carbamates (subject to hydrolysis) is 1. The van der Waals surface area contributed by atoms with Crippen molar-refractivity contribution in [1.82, 2.24) is 5.32 Å². The van der Waals surface area contributed by atoms with Crippen LogP contribution in [0, 0.1) is 0 Å². The number of alkyl halides is 3. The SMILES string of the molecule is O=C(NCC(O)C(O)c1ccc(C(F)(F)F)cc1CO)OCc1ccccc1. The number of aliphatic hydroxyl groups excluding tert-OH is 3. The number of ether oxygens (including phenoxy) is 1. The molecule has 0 bridgehead atoms. The molecular formula is C19H20F3NO5. The summed E-state index contributed by atoms with van der Waals surface area (Å²) in [5.74, 6) is 0. The standard InChI is InChI=1S/C19H20F3NO5/c20-19(21,22)14-6-7-15(13(8-14)10-24)17(26)16(25)9-23-18(27)28-11-12-4-2-1-3-5-12/h1-8,16-17,24-26H,9-11H2,(H,23,27). The summed E-state index contributed by atoms with van der Waals surface area (Å²) in [6, 6.07) is 11.3. The Morgan fingerprint density at radius 1 is 1.11 bits per heavy atom. The van der Waals surface area contributed by atoms with Crippen LogP contribution in [0.15, 0.2) is 48.5 Å². The van der Waals surface area contributed by atoms with Crippen LogP contribution in [0.2, 0.25) is 0 Å². The van der Waals surface area contributed by atoms with Gasteiger partial charge in [-0.1, -0.05) is 36.4 Å². The zero-order valence-corrected chi connectivity index (χ0v) is 14.7. The van der Waals surface area contributed by atoms with E-state index in [2.05, 4.69) is 5.32 Å². The number of hydrogen-bond donors (Lipinski definition) is 4. The van der Waals surface area contributed by atoms with Gasteiger partial charge in [-0.15, -0.1) is 0 Å². The van der Waals surface area contributed by atoms with Crippen molar-refractivity contribution in [3.05, 3.63) is 70.8 Å². The monoisotopic (exact) mass is 399 g/mol. The molecule has 2 unspecified atom stereocenters. The van der Waals surface area contributed by atoms with Crippen LogP contribution in [0.1, 0.15) is 28.4 Å². The van der Waals surface area contributed by atoms with Crippen LogP contribution in [0.25, 0.3) is 0 Å². The molecule has 0 aromatic heterocycles. The Labute approximate surface area is 159 Å². The molecule has 152 valence electrons. The van der Waals surface area contributed by atoms with Crippen LogP contribution in [0.4, 0.5) is 18.0 Å². The molecule has 28 heavy (non-hydrogen) atoms. The second-order valence-electron chi connectivity index (χ2n) is 6.02. The van der Waals surface area contributed by atoms with Gasteiger partial charge in [0.05, 0.1) is 12.2 Å². The van der Waals surface area contributed by atoms with Crippen molar-refractivity contribution in [1.29, 1.82) is 0 Å². The molecule has 0 aliphatic rings. The Bertz CT molecular complexity index is 783. The smallest absolute Gasteiger partial charge is 0.416 e. The first-order valence-electron chi connectivity index (χ1n) is 8.34. The minimum absolute atomic E-state index is 0.0128. The third-order valence-electron chi connectivity index (χ3n) is 3.99. The number of carbonyl (C=O) groups is 1. The van der Waals surface area contributed by atoms with Crippen molar-refractivity contribution in [2.24, 2.45) is 0 Å². The summed E-state index contributed by atoms with van der Waals surface area (Å²) in [5.41, 5.74) is -0.462. The lowest BCUT2D eigenvalue weighted by Crippen LogP contribution is -2.36. The molecule has 0 saturated heterocycles. The van der Waals surface area contributed by atoms with E-state index in [1.54, 1.807) is 24.3 Å². The van der Waals surface area contributed by atoms with Crippen molar-refractivity contribution < 1.29 is 38.0 Å². The second kappa shape index (κ2) is 9.54. The highest BCUT2D eigenvalue weighted by molar-refractivity contribution is 5.67. The van der Waals surface area contributed by atoms with Gasteiger partial charge in [0, 0.05) is 6.54 Å². The molecular weight excluding hydrogens is 379 g/mol. The lowest BCUT2D eigenvalue weighted by atomic mass is 9.96. The third kappa shape index (κ3) is 5.95. The molecule has 0 fully saturated rings. The molecule has 2 atom stereocenters. The van der Waals surface area contributed by atoms with Crippen LogP contribution in [-0.2, 0) is 24.1 Å². The number of amides is 1. The van der Waals surface area contributed by atoms with Gasteiger partial charge in [0.25, 0.3) is 0 Å². The van der Waals surface area contributed by atoms with Crippen LogP contribution in [0.3, 0.4) is 0 Å². The molecule has 6 nitrogen and oxygen atoms in total. The van der Waals surface area contributed by atoms with Gasteiger partial charge in [-0.25, -0.2) is 4.79 Å². The Hall–Kier alpha value is -2.62. The number of hydrogen-bond acceptors (Lipinski definition) is 5. The third-order valence-corrected chi connectivity index (χ3v) is 3.99. The number of halogens is 3. The first-order valence-corrected chi connectivity index (χ1v) is 8.34.